The molecule has 0 aromatic heterocycles. The largest absolute Gasteiger partial charge is 0.341 e. The number of hydrogen-bond acceptors (Lipinski definition) is 3. The fraction of sp³-hybridized carbons (Fsp3) is 0.250. The molecule has 0 bridgehead atoms. The number of amides is 4. The molecule has 2 aromatic carbocycles. The van der Waals surface area contributed by atoms with Crippen LogP contribution < -0.4 is 21.3 Å². The van der Waals surface area contributed by atoms with Gasteiger partial charge in [0.1, 0.15) is 11.9 Å². The van der Waals surface area contributed by atoms with Crippen LogP contribution in [0.2, 0.25) is 0 Å². The highest BCUT2D eigenvalue weighted by atomic mass is 19.1. The summed E-state index contributed by atoms with van der Waals surface area (Å²) >= 11 is 0. The van der Waals surface area contributed by atoms with Crippen LogP contribution in [0.1, 0.15) is 24.2 Å². The van der Waals surface area contributed by atoms with Crippen molar-refractivity contribution in [1.82, 2.24) is 10.6 Å². The molecule has 4 N–H and O–H groups in total. The minimum Gasteiger partial charge on any atom is -0.341 e. The Morgan fingerprint density at radius 1 is 0.929 bits per heavy atom. The third-order valence-corrected chi connectivity index (χ3v) is 3.96. The lowest BCUT2D eigenvalue weighted by Crippen LogP contribution is -2.47. The van der Waals surface area contributed by atoms with Crippen molar-refractivity contribution in [3.63, 3.8) is 0 Å². The van der Waals surface area contributed by atoms with E-state index in [-0.39, 0.29) is 17.5 Å². The van der Waals surface area contributed by atoms with Crippen molar-refractivity contribution in [1.29, 1.82) is 0 Å². The van der Waals surface area contributed by atoms with Crippen LogP contribution >= 0.6 is 0 Å². The molecule has 2 aromatic rings. The number of nitrogens with one attached hydrogen (secondary N) is 4. The van der Waals surface area contributed by atoms with Gasteiger partial charge < -0.3 is 21.3 Å². The molecule has 0 aliphatic carbocycles. The van der Waals surface area contributed by atoms with Crippen LogP contribution in [0.4, 0.5) is 20.6 Å². The molecular formula is C20H23FN4O3. The number of urea groups is 1. The van der Waals surface area contributed by atoms with Crippen molar-refractivity contribution >= 4 is 29.2 Å². The molecule has 2 rings (SSSR count). The molecule has 0 fully saturated rings. The first-order valence-corrected chi connectivity index (χ1v) is 8.76. The molecule has 0 saturated heterocycles. The van der Waals surface area contributed by atoms with Crippen LogP contribution in [0.3, 0.4) is 0 Å². The monoisotopic (exact) mass is 386 g/mol. The van der Waals surface area contributed by atoms with Gasteiger partial charge in [0.15, 0.2) is 0 Å². The molecule has 8 heteroatoms. The number of hydrogen-bond donors (Lipinski definition) is 4. The van der Waals surface area contributed by atoms with Crippen molar-refractivity contribution in [2.75, 3.05) is 17.7 Å². The molecule has 0 aliphatic rings. The second-order valence-corrected chi connectivity index (χ2v) is 6.48. The van der Waals surface area contributed by atoms with Crippen LogP contribution in [0.25, 0.3) is 0 Å². The SMILES string of the molecule is CNC(=O)Nc1cccc(NC(=O)C(NC(=O)c2ccc(F)cc2)C(C)C)c1. The summed E-state index contributed by atoms with van der Waals surface area (Å²) in [5.41, 5.74) is 1.24. The molecule has 4 amide bonds. The molecule has 0 spiro atoms. The van der Waals surface area contributed by atoms with E-state index in [9.17, 15) is 18.8 Å². The van der Waals surface area contributed by atoms with Gasteiger partial charge >= 0.3 is 6.03 Å². The van der Waals surface area contributed by atoms with Crippen molar-refractivity contribution in [2.24, 2.45) is 5.92 Å². The molecule has 0 saturated carbocycles. The number of halogens is 1. The Labute approximate surface area is 162 Å². The number of benzene rings is 2. The molecule has 0 heterocycles. The summed E-state index contributed by atoms with van der Waals surface area (Å²) in [5.74, 6) is -1.50. The van der Waals surface area contributed by atoms with E-state index in [1.807, 2.05) is 0 Å². The second-order valence-electron chi connectivity index (χ2n) is 6.48. The zero-order valence-corrected chi connectivity index (χ0v) is 15.9. The van der Waals surface area contributed by atoms with Crippen molar-refractivity contribution in [3.05, 3.63) is 59.9 Å². The van der Waals surface area contributed by atoms with Gasteiger partial charge in [-0.3, -0.25) is 9.59 Å². The number of anilines is 2. The Balaban J connectivity index is 2.08. The van der Waals surface area contributed by atoms with E-state index < -0.39 is 23.7 Å². The highest BCUT2D eigenvalue weighted by Crippen LogP contribution is 2.16. The van der Waals surface area contributed by atoms with E-state index >= 15 is 0 Å². The Morgan fingerprint density at radius 3 is 2.11 bits per heavy atom. The molecule has 148 valence electrons. The summed E-state index contributed by atoms with van der Waals surface area (Å²) in [5, 5.41) is 10.5. The standard InChI is InChI=1S/C20H23FN4O3/c1-12(2)17(25-18(26)13-7-9-14(21)10-8-13)19(27)23-15-5-4-6-16(11-15)24-20(28)22-3/h4-12,17H,1-3H3,(H,23,27)(H,25,26)(H2,22,24,28). The average Bonchev–Trinajstić information content (AvgIpc) is 2.66. The van der Waals surface area contributed by atoms with Gasteiger partial charge in [0.25, 0.3) is 5.91 Å². The van der Waals surface area contributed by atoms with Crippen LogP contribution in [0.15, 0.2) is 48.5 Å². The van der Waals surface area contributed by atoms with Gasteiger partial charge in [0.2, 0.25) is 5.91 Å². The fourth-order valence-electron chi connectivity index (χ4n) is 2.45. The Morgan fingerprint density at radius 2 is 1.54 bits per heavy atom. The van der Waals surface area contributed by atoms with E-state index in [1.54, 1.807) is 38.1 Å². The molecule has 28 heavy (non-hydrogen) atoms. The van der Waals surface area contributed by atoms with E-state index in [0.29, 0.717) is 11.4 Å². The molecule has 1 unspecified atom stereocenters. The summed E-state index contributed by atoms with van der Waals surface area (Å²) < 4.78 is 13.0. The number of carbonyl (C=O) groups excluding carboxylic acids is 3. The second kappa shape index (κ2) is 9.50. The zero-order valence-electron chi connectivity index (χ0n) is 15.9. The normalized spacial score (nSPS) is 11.5. The van der Waals surface area contributed by atoms with Crippen molar-refractivity contribution in [2.45, 2.75) is 19.9 Å². The zero-order chi connectivity index (χ0) is 20.7. The maximum atomic E-state index is 13.0. The van der Waals surface area contributed by atoms with Crippen molar-refractivity contribution < 1.29 is 18.8 Å². The topological polar surface area (TPSA) is 99.3 Å². The first-order chi connectivity index (χ1) is 13.3. The van der Waals surface area contributed by atoms with Crippen LogP contribution in [0.5, 0.6) is 0 Å². The van der Waals surface area contributed by atoms with Gasteiger partial charge in [-0.2, -0.15) is 0 Å². The van der Waals surface area contributed by atoms with Gasteiger partial charge in [0.05, 0.1) is 0 Å². The van der Waals surface area contributed by atoms with E-state index in [4.69, 9.17) is 0 Å². The summed E-state index contributed by atoms with van der Waals surface area (Å²) in [6.07, 6.45) is 0. The first kappa shape index (κ1) is 20.9. The minimum atomic E-state index is -0.798. The van der Waals surface area contributed by atoms with Crippen LogP contribution in [0, 0.1) is 11.7 Å². The van der Waals surface area contributed by atoms with Gasteiger partial charge in [-0.1, -0.05) is 19.9 Å². The van der Waals surface area contributed by atoms with E-state index in [1.165, 1.54) is 31.3 Å². The predicted molar refractivity (Wildman–Crippen MR) is 106 cm³/mol. The Kier molecular flexibility index (Phi) is 7.08. The maximum Gasteiger partial charge on any atom is 0.318 e. The third-order valence-electron chi connectivity index (χ3n) is 3.96. The number of carbonyl (C=O) groups is 3. The smallest absolute Gasteiger partial charge is 0.318 e. The van der Waals surface area contributed by atoms with Gasteiger partial charge in [-0.25, -0.2) is 9.18 Å². The molecule has 7 nitrogen and oxygen atoms in total. The van der Waals surface area contributed by atoms with Gasteiger partial charge in [-0.15, -0.1) is 0 Å². The molecule has 1 atom stereocenters. The lowest BCUT2D eigenvalue weighted by molar-refractivity contribution is -0.118. The summed E-state index contributed by atoms with van der Waals surface area (Å²) in [6, 6.07) is 10.5. The number of rotatable bonds is 6. The minimum absolute atomic E-state index is 0.184. The molecule has 0 radical (unpaired) electrons. The van der Waals surface area contributed by atoms with Crippen molar-refractivity contribution in [3.8, 4) is 0 Å². The lowest BCUT2D eigenvalue weighted by Gasteiger charge is -2.22. The van der Waals surface area contributed by atoms with Gasteiger partial charge in [0, 0.05) is 24.0 Å². The molecule has 0 aliphatic heterocycles. The Bertz CT molecular complexity index is 853. The van der Waals surface area contributed by atoms with Crippen LogP contribution in [-0.4, -0.2) is 30.9 Å². The third kappa shape index (κ3) is 5.80. The summed E-state index contributed by atoms with van der Waals surface area (Å²) in [6.45, 7) is 3.61. The first-order valence-electron chi connectivity index (χ1n) is 8.76. The quantitative estimate of drug-likeness (QED) is 0.614. The Hall–Kier alpha value is -3.42. The summed E-state index contributed by atoms with van der Waals surface area (Å²) in [7, 11) is 1.50. The van der Waals surface area contributed by atoms with Gasteiger partial charge in [-0.05, 0) is 48.4 Å². The molecular weight excluding hydrogens is 363 g/mol. The maximum absolute atomic E-state index is 13.0. The summed E-state index contributed by atoms with van der Waals surface area (Å²) in [4.78, 5) is 36.5. The highest BCUT2D eigenvalue weighted by Gasteiger charge is 2.25. The van der Waals surface area contributed by atoms with E-state index in [0.717, 1.165) is 0 Å². The lowest BCUT2D eigenvalue weighted by atomic mass is 10.0. The van der Waals surface area contributed by atoms with E-state index in [2.05, 4.69) is 21.3 Å². The fourth-order valence-corrected chi connectivity index (χ4v) is 2.45. The predicted octanol–water partition coefficient (Wildman–Crippen LogP) is 2.97. The average molecular weight is 386 g/mol. The highest BCUT2D eigenvalue weighted by molar-refractivity contribution is 6.01. The van der Waals surface area contributed by atoms with Crippen LogP contribution in [-0.2, 0) is 4.79 Å².